The Balaban J connectivity index is 0.00000709. The maximum absolute atomic E-state index is 13.8. The van der Waals surface area contributed by atoms with E-state index in [9.17, 15) is 33.7 Å². The van der Waals surface area contributed by atoms with E-state index < -0.39 is 40.1 Å². The fraction of sp³-hybridized carbons (Fsp3) is 0.267. The van der Waals surface area contributed by atoms with Gasteiger partial charge in [-0.05, 0) is 169 Å². The Morgan fingerprint density at radius 2 is 0.518 bits per heavy atom. The summed E-state index contributed by atoms with van der Waals surface area (Å²) in [7, 11) is -16.0. The molecule has 4 fully saturated rings. The zero-order valence-electron chi connectivity index (χ0n) is 45.6. The quantitative estimate of drug-likeness (QED) is 0.103. The minimum absolute atomic E-state index is 0. The Bertz CT molecular complexity index is 3850. The zero-order chi connectivity index (χ0) is 57.8. The second-order valence-corrected chi connectivity index (χ2v) is 28.1. The maximum atomic E-state index is 13.8. The molecule has 4 saturated heterocycles. The van der Waals surface area contributed by atoms with Crippen molar-refractivity contribution in [3.8, 4) is 44.5 Å². The number of sulfonamides is 4. The molecule has 0 atom stereocenters. The number of hydrogen-bond acceptors (Lipinski definition) is 14. The third kappa shape index (κ3) is 11.3. The number of aromatic nitrogens is 4. The number of fused-ring (bicyclic) bond motifs is 8. The fourth-order valence-corrected chi connectivity index (χ4v) is 16.2. The summed E-state index contributed by atoms with van der Waals surface area (Å²) < 4.78 is 115. The van der Waals surface area contributed by atoms with E-state index in [-0.39, 0.29) is 88.7 Å². The summed E-state index contributed by atoms with van der Waals surface area (Å²) in [5, 5.41) is 0. The van der Waals surface area contributed by atoms with Crippen molar-refractivity contribution < 1.29 is 69.5 Å². The molecule has 6 aliphatic rings. The van der Waals surface area contributed by atoms with Gasteiger partial charge in [0.1, 0.15) is 0 Å². The van der Waals surface area contributed by atoms with E-state index in [1.807, 2.05) is 48.6 Å². The van der Waals surface area contributed by atoms with Crippen molar-refractivity contribution in [2.24, 2.45) is 0 Å². The Morgan fingerprint density at radius 1 is 0.306 bits per heavy atom. The van der Waals surface area contributed by atoms with E-state index in [4.69, 9.17) is 39.3 Å². The van der Waals surface area contributed by atoms with Gasteiger partial charge in [-0.2, -0.15) is 0 Å². The number of rotatable bonds is 12. The molecule has 8 bridgehead atoms. The monoisotopic (exact) mass is 1270 g/mol. The maximum Gasteiger partial charge on any atom is 2.00 e. The van der Waals surface area contributed by atoms with E-state index in [0.717, 1.165) is 43.6 Å². The summed E-state index contributed by atoms with van der Waals surface area (Å²) >= 11 is 0. The molecule has 0 saturated carbocycles. The first-order valence-electron chi connectivity index (χ1n) is 27.7. The number of nitrogens with zero attached hydrogens (tertiary/aromatic N) is 8. The van der Waals surface area contributed by atoms with Gasteiger partial charge in [-0.3, -0.25) is 19.4 Å². The first kappa shape index (κ1) is 58.8. The van der Waals surface area contributed by atoms with Crippen LogP contribution in [0.25, 0.3) is 90.9 Å². The van der Waals surface area contributed by atoms with Crippen LogP contribution in [0.2, 0.25) is 0 Å². The van der Waals surface area contributed by atoms with Crippen molar-refractivity contribution in [2.45, 2.75) is 70.9 Å². The normalized spacial score (nSPS) is 17.9. The number of hydrogen-bond donors (Lipinski definition) is 0. The average Bonchev–Trinajstić information content (AvgIpc) is 4.56. The first-order chi connectivity index (χ1) is 40.6. The van der Waals surface area contributed by atoms with Gasteiger partial charge in [-0.25, -0.2) is 43.6 Å². The van der Waals surface area contributed by atoms with Crippen molar-refractivity contribution in [1.29, 1.82) is 0 Å². The molecule has 0 radical (unpaired) electrons. The number of hydroxylamine groups is 4. The van der Waals surface area contributed by atoms with Crippen molar-refractivity contribution in [2.75, 3.05) is 52.6 Å². The van der Waals surface area contributed by atoms with Crippen LogP contribution in [0.5, 0.6) is 0 Å². The van der Waals surface area contributed by atoms with Crippen molar-refractivity contribution in [3.63, 3.8) is 0 Å². The second kappa shape index (κ2) is 24.0. The molecule has 20 nitrogen and oxygen atoms in total. The van der Waals surface area contributed by atoms with Gasteiger partial charge in [-0.15, -0.1) is 22.1 Å². The Hall–Kier alpha value is -6.55. The molecule has 0 unspecified atom stereocenters. The fourth-order valence-electron chi connectivity index (χ4n) is 11.0. The summed E-state index contributed by atoms with van der Waals surface area (Å²) in [6, 6.07) is 33.2. The van der Waals surface area contributed by atoms with Gasteiger partial charge in [0.25, 0.3) is 40.1 Å². The summed E-state index contributed by atoms with van der Waals surface area (Å²) in [5.74, 6) is 0. The van der Waals surface area contributed by atoms with E-state index in [1.165, 1.54) is 48.5 Å². The van der Waals surface area contributed by atoms with Crippen LogP contribution in [-0.4, -0.2) is 114 Å². The first-order valence-corrected chi connectivity index (χ1v) is 33.5. The molecule has 85 heavy (non-hydrogen) atoms. The average molecular weight is 1270 g/mol. The molecule has 0 N–H and O–H groups in total. The van der Waals surface area contributed by atoms with Gasteiger partial charge in [0.15, 0.2) is 0 Å². The van der Waals surface area contributed by atoms with Crippen molar-refractivity contribution >= 4 is 86.5 Å². The minimum atomic E-state index is -4.01. The molecule has 4 aromatic carbocycles. The van der Waals surface area contributed by atoms with E-state index in [2.05, 4.69) is 0 Å². The molecular formula is C60H56N8NiO12S4. The topological polar surface area (TPSA) is 240 Å². The van der Waals surface area contributed by atoms with Gasteiger partial charge in [0.2, 0.25) is 0 Å². The Labute approximate surface area is 502 Å². The summed E-state index contributed by atoms with van der Waals surface area (Å²) in [6.45, 7) is 2.06. The van der Waals surface area contributed by atoms with Crippen LogP contribution in [0.4, 0.5) is 0 Å². The van der Waals surface area contributed by atoms with E-state index in [1.54, 1.807) is 48.5 Å². The van der Waals surface area contributed by atoms with Crippen LogP contribution in [0, 0.1) is 0 Å². The minimum Gasteiger partial charge on any atom is -0.657 e. The van der Waals surface area contributed by atoms with Gasteiger partial charge >= 0.3 is 16.5 Å². The third-order valence-corrected chi connectivity index (χ3v) is 22.1. The molecule has 442 valence electrons. The SMILES string of the molecule is O=S(=O)(c1ccc(-c2c3nc(c(-c4ccc(S(=O)(=O)N5CCCCO5)cc4)c4ccc([n-]4)c(-c4ccc(S(=O)(=O)N5CCCCO5)cc4)c4nc(c(-c5ccc(S(=O)(=O)N6CCCCO6)cc5)c5ccc2[n-]5)C=C4)C=C3)cc1)N1CCCCO1.[Ni+2]. The molecule has 0 spiro atoms. The number of benzene rings is 4. The molecule has 9 heterocycles. The van der Waals surface area contributed by atoms with Crippen molar-refractivity contribution in [3.05, 3.63) is 144 Å². The summed E-state index contributed by atoms with van der Waals surface area (Å²) in [6.07, 6.45) is 13.0. The molecule has 7 aromatic rings. The Kier molecular flexibility index (Phi) is 16.6. The molecule has 3 aromatic heterocycles. The molecule has 25 heteroatoms. The summed E-state index contributed by atoms with van der Waals surface area (Å²) in [4.78, 5) is 43.7. The second-order valence-electron chi connectivity index (χ2n) is 20.7. The Morgan fingerprint density at radius 3 is 0.706 bits per heavy atom. The van der Waals surface area contributed by atoms with E-state index >= 15 is 0 Å². The van der Waals surface area contributed by atoms with E-state index in [0.29, 0.717) is 115 Å². The molecule has 0 aliphatic carbocycles. The molecule has 6 aliphatic heterocycles. The summed E-state index contributed by atoms with van der Waals surface area (Å²) in [5.41, 5.74) is 8.21. The van der Waals surface area contributed by atoms with Crippen LogP contribution in [0.1, 0.15) is 74.1 Å². The molecule has 0 amide bonds. The molecular weight excluding hydrogens is 1210 g/mol. The van der Waals surface area contributed by atoms with Crippen LogP contribution in [0.3, 0.4) is 0 Å². The van der Waals surface area contributed by atoms with Crippen LogP contribution < -0.4 is 9.97 Å². The van der Waals surface area contributed by atoms with Gasteiger partial charge in [-0.1, -0.05) is 90.7 Å². The molecule has 13 rings (SSSR count). The van der Waals surface area contributed by atoms with Gasteiger partial charge in [0, 0.05) is 26.2 Å². The van der Waals surface area contributed by atoms with Crippen LogP contribution in [-0.2, 0) is 75.9 Å². The largest absolute Gasteiger partial charge is 2.00 e. The third-order valence-electron chi connectivity index (χ3n) is 15.3. The van der Waals surface area contributed by atoms with Crippen LogP contribution in [0.15, 0.2) is 141 Å². The van der Waals surface area contributed by atoms with Crippen molar-refractivity contribution in [1.82, 2.24) is 37.8 Å². The smallest absolute Gasteiger partial charge is 0.657 e. The van der Waals surface area contributed by atoms with Crippen LogP contribution >= 0.6 is 0 Å². The predicted molar refractivity (Wildman–Crippen MR) is 315 cm³/mol. The predicted octanol–water partition coefficient (Wildman–Crippen LogP) is 9.44. The van der Waals surface area contributed by atoms with Gasteiger partial charge < -0.3 is 9.97 Å². The zero-order valence-corrected chi connectivity index (χ0v) is 49.8. The standard InChI is InChI=1S/C60H56N8O12S4.Ni/c69-81(70,65-33-1-5-37-77-65)45-17-9-41(10-18-45)57-49-25-27-51(61-49)58(42-11-19-46(20-12-42)82(71,72)66-34-2-6-38-78-66)53-29-31-55(63-53)60(44-15-23-48(24-16-44)84(75,76)68-36-4-8-40-80-68)56-32-30-54(64-56)59(52-28-26-50(57)62-52)43-13-21-47(22-14-43)83(73,74)67-35-3-7-39-79-67;/h9-32H,1-8,33-40H2;/q-2;+2. The van der Waals surface area contributed by atoms with Gasteiger partial charge in [0.05, 0.1) is 68.8 Å².